The first-order chi connectivity index (χ1) is 11.5. The maximum absolute atomic E-state index is 12.3. The standard InChI is InChI=1S/C18H18N4OS/c1-12-5-8-15(9-6-12)17(23)11-24-18-19-20-21-22(18)16-10-13(2)4-7-14(16)3/h4-10H,11H2,1-3H3. The van der Waals surface area contributed by atoms with E-state index in [1.807, 2.05) is 57.2 Å². The van der Waals surface area contributed by atoms with Crippen molar-refractivity contribution >= 4 is 17.5 Å². The number of hydrogen-bond donors (Lipinski definition) is 0. The number of carbonyl (C=O) groups excluding carboxylic acids is 1. The van der Waals surface area contributed by atoms with Crippen LogP contribution in [0.25, 0.3) is 5.69 Å². The van der Waals surface area contributed by atoms with Gasteiger partial charge in [0.25, 0.3) is 0 Å². The molecule has 0 saturated carbocycles. The van der Waals surface area contributed by atoms with Gasteiger partial charge in [-0.1, -0.05) is 53.7 Å². The summed E-state index contributed by atoms with van der Waals surface area (Å²) < 4.78 is 1.69. The van der Waals surface area contributed by atoms with Crippen molar-refractivity contribution in [1.82, 2.24) is 20.2 Å². The third-order valence-corrected chi connectivity index (χ3v) is 4.66. The zero-order valence-electron chi connectivity index (χ0n) is 13.9. The van der Waals surface area contributed by atoms with E-state index < -0.39 is 0 Å². The fourth-order valence-corrected chi connectivity index (χ4v) is 3.10. The van der Waals surface area contributed by atoms with Gasteiger partial charge in [-0.15, -0.1) is 5.10 Å². The molecular weight excluding hydrogens is 320 g/mol. The Bertz CT molecular complexity index is 871. The number of Topliss-reactive ketones (excluding diaryl/α,β-unsaturated/α-hetero) is 1. The maximum Gasteiger partial charge on any atom is 0.214 e. The minimum absolute atomic E-state index is 0.0653. The lowest BCUT2D eigenvalue weighted by molar-refractivity contribution is 0.102. The summed E-state index contributed by atoms with van der Waals surface area (Å²) in [5, 5.41) is 12.5. The number of ketones is 1. The Kier molecular flexibility index (Phi) is 4.76. The number of thioether (sulfide) groups is 1. The fourth-order valence-electron chi connectivity index (χ4n) is 2.32. The van der Waals surface area contributed by atoms with Crippen molar-refractivity contribution in [2.45, 2.75) is 25.9 Å². The molecule has 0 radical (unpaired) electrons. The van der Waals surface area contributed by atoms with Crippen LogP contribution in [-0.2, 0) is 0 Å². The van der Waals surface area contributed by atoms with Crippen molar-refractivity contribution in [1.29, 1.82) is 0 Å². The topological polar surface area (TPSA) is 60.7 Å². The summed E-state index contributed by atoms with van der Waals surface area (Å²) in [5.74, 6) is 0.365. The Morgan fingerprint density at radius 1 is 1.04 bits per heavy atom. The summed E-state index contributed by atoms with van der Waals surface area (Å²) in [5.41, 5.74) is 5.00. The van der Waals surface area contributed by atoms with Gasteiger partial charge in [0.15, 0.2) is 5.78 Å². The van der Waals surface area contributed by atoms with E-state index in [2.05, 4.69) is 21.6 Å². The normalized spacial score (nSPS) is 10.8. The number of carbonyl (C=O) groups is 1. The summed E-state index contributed by atoms with van der Waals surface area (Å²) in [6.45, 7) is 6.05. The van der Waals surface area contributed by atoms with E-state index in [0.29, 0.717) is 16.5 Å². The second-order valence-corrected chi connectivity index (χ2v) is 6.68. The Balaban J connectivity index is 1.78. The van der Waals surface area contributed by atoms with Crippen LogP contribution in [0.1, 0.15) is 27.0 Å². The van der Waals surface area contributed by atoms with Crippen molar-refractivity contribution in [2.24, 2.45) is 0 Å². The Morgan fingerprint density at radius 3 is 2.50 bits per heavy atom. The van der Waals surface area contributed by atoms with Gasteiger partial charge in [-0.2, -0.15) is 4.68 Å². The highest BCUT2D eigenvalue weighted by Gasteiger charge is 2.14. The maximum atomic E-state index is 12.3. The molecule has 0 atom stereocenters. The molecule has 3 rings (SSSR count). The number of rotatable bonds is 5. The van der Waals surface area contributed by atoms with E-state index in [1.54, 1.807) is 4.68 Å². The number of benzene rings is 2. The van der Waals surface area contributed by atoms with E-state index in [-0.39, 0.29) is 5.78 Å². The van der Waals surface area contributed by atoms with Crippen LogP contribution in [0, 0.1) is 20.8 Å². The number of tetrazole rings is 1. The van der Waals surface area contributed by atoms with Crippen molar-refractivity contribution in [3.8, 4) is 5.69 Å². The molecule has 24 heavy (non-hydrogen) atoms. The Labute approximate surface area is 145 Å². The number of aromatic nitrogens is 4. The molecule has 3 aromatic rings. The summed E-state index contributed by atoms with van der Waals surface area (Å²) in [6.07, 6.45) is 0. The predicted molar refractivity (Wildman–Crippen MR) is 94.9 cm³/mol. The molecule has 5 nitrogen and oxygen atoms in total. The summed E-state index contributed by atoms with van der Waals surface area (Å²) in [6, 6.07) is 13.7. The number of aryl methyl sites for hydroxylation is 3. The monoisotopic (exact) mass is 338 g/mol. The molecule has 0 amide bonds. The van der Waals surface area contributed by atoms with Gasteiger partial charge >= 0.3 is 0 Å². The van der Waals surface area contributed by atoms with Gasteiger partial charge in [0.05, 0.1) is 11.4 Å². The lowest BCUT2D eigenvalue weighted by Crippen LogP contribution is -2.06. The van der Waals surface area contributed by atoms with Crippen LogP contribution in [0.2, 0.25) is 0 Å². The first-order valence-electron chi connectivity index (χ1n) is 7.63. The molecule has 6 heteroatoms. The Hall–Kier alpha value is -2.47. The molecular formula is C18H18N4OS. The third-order valence-electron chi connectivity index (χ3n) is 3.74. The van der Waals surface area contributed by atoms with E-state index >= 15 is 0 Å². The van der Waals surface area contributed by atoms with Crippen LogP contribution in [0.4, 0.5) is 0 Å². The van der Waals surface area contributed by atoms with Crippen LogP contribution >= 0.6 is 11.8 Å². The summed E-state index contributed by atoms with van der Waals surface area (Å²) in [4.78, 5) is 12.3. The molecule has 0 aliphatic rings. The van der Waals surface area contributed by atoms with Crippen molar-refractivity contribution in [3.63, 3.8) is 0 Å². The largest absolute Gasteiger partial charge is 0.293 e. The average molecular weight is 338 g/mol. The van der Waals surface area contributed by atoms with Crippen molar-refractivity contribution < 1.29 is 4.79 Å². The minimum atomic E-state index is 0.0653. The van der Waals surface area contributed by atoms with Gasteiger partial charge in [-0.25, -0.2) is 0 Å². The molecule has 0 spiro atoms. The highest BCUT2D eigenvalue weighted by Crippen LogP contribution is 2.22. The first-order valence-corrected chi connectivity index (χ1v) is 8.62. The highest BCUT2D eigenvalue weighted by atomic mass is 32.2. The van der Waals surface area contributed by atoms with Gasteiger partial charge in [0, 0.05) is 5.56 Å². The van der Waals surface area contributed by atoms with E-state index in [1.165, 1.54) is 11.8 Å². The zero-order valence-corrected chi connectivity index (χ0v) is 14.7. The highest BCUT2D eigenvalue weighted by molar-refractivity contribution is 7.99. The van der Waals surface area contributed by atoms with Crippen LogP contribution < -0.4 is 0 Å². The lowest BCUT2D eigenvalue weighted by atomic mass is 10.1. The zero-order chi connectivity index (χ0) is 17.1. The molecule has 1 aromatic heterocycles. The molecule has 122 valence electrons. The smallest absolute Gasteiger partial charge is 0.214 e. The molecule has 1 heterocycles. The van der Waals surface area contributed by atoms with Gasteiger partial charge in [-0.3, -0.25) is 4.79 Å². The van der Waals surface area contributed by atoms with Crippen LogP contribution in [0.15, 0.2) is 47.6 Å². The van der Waals surface area contributed by atoms with Crippen molar-refractivity contribution in [2.75, 3.05) is 5.75 Å². The van der Waals surface area contributed by atoms with Gasteiger partial charge < -0.3 is 0 Å². The van der Waals surface area contributed by atoms with Gasteiger partial charge in [0.2, 0.25) is 5.16 Å². The molecule has 0 bridgehead atoms. The summed E-state index contributed by atoms with van der Waals surface area (Å²) in [7, 11) is 0. The first kappa shape index (κ1) is 16.4. The lowest BCUT2D eigenvalue weighted by Gasteiger charge is -2.08. The summed E-state index contributed by atoms with van der Waals surface area (Å²) >= 11 is 1.35. The molecule has 0 N–H and O–H groups in total. The molecule has 0 fully saturated rings. The second kappa shape index (κ2) is 6.97. The van der Waals surface area contributed by atoms with E-state index in [9.17, 15) is 4.79 Å². The van der Waals surface area contributed by atoms with Crippen LogP contribution in [-0.4, -0.2) is 31.7 Å². The Morgan fingerprint density at radius 2 is 1.75 bits per heavy atom. The molecule has 0 aliphatic heterocycles. The number of hydrogen-bond acceptors (Lipinski definition) is 5. The average Bonchev–Trinajstić information content (AvgIpc) is 3.04. The SMILES string of the molecule is Cc1ccc(C(=O)CSc2nnnn2-c2cc(C)ccc2C)cc1. The minimum Gasteiger partial charge on any atom is -0.293 e. The molecule has 0 aliphatic carbocycles. The third kappa shape index (κ3) is 3.54. The van der Waals surface area contributed by atoms with Gasteiger partial charge in [0.1, 0.15) is 0 Å². The van der Waals surface area contributed by atoms with Crippen molar-refractivity contribution in [3.05, 3.63) is 64.7 Å². The van der Waals surface area contributed by atoms with E-state index in [4.69, 9.17) is 0 Å². The predicted octanol–water partition coefficient (Wildman–Crippen LogP) is 3.56. The van der Waals surface area contributed by atoms with Gasteiger partial charge in [-0.05, 0) is 48.4 Å². The van der Waals surface area contributed by atoms with Crippen LogP contribution in [0.3, 0.4) is 0 Å². The quantitative estimate of drug-likeness (QED) is 0.526. The molecule has 0 saturated heterocycles. The second-order valence-electron chi connectivity index (χ2n) is 5.74. The molecule has 0 unspecified atom stereocenters. The fraction of sp³-hybridized carbons (Fsp3) is 0.222. The van der Waals surface area contributed by atoms with Crippen LogP contribution in [0.5, 0.6) is 0 Å². The van der Waals surface area contributed by atoms with E-state index in [0.717, 1.165) is 22.4 Å². The molecule has 2 aromatic carbocycles. The number of nitrogens with zero attached hydrogens (tertiary/aromatic N) is 4.